The summed E-state index contributed by atoms with van der Waals surface area (Å²) in [6.45, 7) is 1.36. The van der Waals surface area contributed by atoms with Crippen molar-refractivity contribution in [3.05, 3.63) is 0 Å². The molecule has 0 bridgehead atoms. The molecule has 0 aliphatic carbocycles. The van der Waals surface area contributed by atoms with Crippen LogP contribution in [0.1, 0.15) is 6.42 Å². The zero-order chi connectivity index (χ0) is 8.32. The standard InChI is InChI=1S/C7H9N3O/c1-10-3-2-7(4-8,5-10)9-6-11/h2-3,5H2,1H3. The lowest BCUT2D eigenvalue weighted by molar-refractivity contribution is 0.397. The number of likely N-dealkylation sites (N-methyl/N-ethyl adjacent to an activating group) is 1. The zero-order valence-electron chi connectivity index (χ0n) is 6.37. The van der Waals surface area contributed by atoms with Crippen LogP contribution in [-0.2, 0) is 4.79 Å². The third-order valence-electron chi connectivity index (χ3n) is 1.91. The maximum absolute atomic E-state index is 9.97. The van der Waals surface area contributed by atoms with Gasteiger partial charge in [0.15, 0.2) is 5.54 Å². The Bertz CT molecular complexity index is 239. The quantitative estimate of drug-likeness (QED) is 0.389. The summed E-state index contributed by atoms with van der Waals surface area (Å²) in [6, 6.07) is 2.04. The van der Waals surface area contributed by atoms with Crippen LogP contribution < -0.4 is 0 Å². The van der Waals surface area contributed by atoms with Crippen LogP contribution in [0.5, 0.6) is 0 Å². The summed E-state index contributed by atoms with van der Waals surface area (Å²) >= 11 is 0. The van der Waals surface area contributed by atoms with E-state index in [1.165, 1.54) is 6.08 Å². The molecule has 0 spiro atoms. The Kier molecular flexibility index (Phi) is 2.04. The van der Waals surface area contributed by atoms with Crippen molar-refractivity contribution in [2.24, 2.45) is 4.99 Å². The van der Waals surface area contributed by atoms with E-state index < -0.39 is 5.54 Å². The van der Waals surface area contributed by atoms with Crippen molar-refractivity contribution in [1.82, 2.24) is 4.90 Å². The van der Waals surface area contributed by atoms with Gasteiger partial charge in [0, 0.05) is 19.5 Å². The van der Waals surface area contributed by atoms with Gasteiger partial charge in [-0.25, -0.2) is 4.79 Å². The van der Waals surface area contributed by atoms with Crippen LogP contribution in [0.15, 0.2) is 4.99 Å². The molecule has 1 rings (SSSR count). The highest BCUT2D eigenvalue weighted by Gasteiger charge is 2.36. The largest absolute Gasteiger partial charge is 0.303 e. The predicted octanol–water partition coefficient (Wildman–Crippen LogP) is -0.0799. The molecule has 58 valence electrons. The van der Waals surface area contributed by atoms with Gasteiger partial charge in [-0.15, -0.1) is 0 Å². The maximum atomic E-state index is 9.97. The lowest BCUT2D eigenvalue weighted by Crippen LogP contribution is -2.27. The third-order valence-corrected chi connectivity index (χ3v) is 1.91. The smallest absolute Gasteiger partial charge is 0.236 e. The van der Waals surface area contributed by atoms with E-state index in [0.29, 0.717) is 13.0 Å². The monoisotopic (exact) mass is 151 g/mol. The first kappa shape index (κ1) is 7.93. The lowest BCUT2D eigenvalue weighted by atomic mass is 10.0. The number of nitriles is 1. The lowest BCUT2D eigenvalue weighted by Gasteiger charge is -2.11. The van der Waals surface area contributed by atoms with Crippen LogP contribution in [0, 0.1) is 11.3 Å². The molecule has 0 radical (unpaired) electrons. The molecular weight excluding hydrogens is 142 g/mol. The Morgan fingerprint density at radius 3 is 2.82 bits per heavy atom. The van der Waals surface area contributed by atoms with Gasteiger partial charge in [0.1, 0.15) is 0 Å². The van der Waals surface area contributed by atoms with Crippen molar-refractivity contribution in [2.45, 2.75) is 12.0 Å². The number of isocyanates is 1. The summed E-state index contributed by atoms with van der Waals surface area (Å²) in [5.41, 5.74) is -0.809. The summed E-state index contributed by atoms with van der Waals surface area (Å²) in [5.74, 6) is 0. The van der Waals surface area contributed by atoms with Gasteiger partial charge in [-0.2, -0.15) is 10.3 Å². The fourth-order valence-electron chi connectivity index (χ4n) is 1.28. The van der Waals surface area contributed by atoms with Gasteiger partial charge in [0.05, 0.1) is 6.07 Å². The van der Waals surface area contributed by atoms with E-state index in [2.05, 4.69) is 4.99 Å². The number of aliphatic imine (C=N–C) groups is 1. The average Bonchev–Trinajstić information content (AvgIpc) is 2.34. The molecule has 0 aromatic carbocycles. The molecule has 1 unspecified atom stereocenters. The fourth-order valence-corrected chi connectivity index (χ4v) is 1.28. The van der Waals surface area contributed by atoms with Crippen LogP contribution >= 0.6 is 0 Å². The van der Waals surface area contributed by atoms with E-state index in [1.54, 1.807) is 0 Å². The molecule has 0 aromatic heterocycles. The Morgan fingerprint density at radius 1 is 1.73 bits per heavy atom. The summed E-state index contributed by atoms with van der Waals surface area (Å²) in [5, 5.41) is 8.72. The Balaban J connectivity index is 2.80. The van der Waals surface area contributed by atoms with Crippen molar-refractivity contribution in [3.8, 4) is 6.07 Å². The fraction of sp³-hybridized carbons (Fsp3) is 0.714. The molecule has 1 fully saturated rings. The third kappa shape index (κ3) is 1.45. The summed E-state index contributed by atoms with van der Waals surface area (Å²) in [6.07, 6.45) is 2.08. The number of hydrogen-bond donors (Lipinski definition) is 0. The highest BCUT2D eigenvalue weighted by molar-refractivity contribution is 5.37. The SMILES string of the molecule is CN1CCC(C#N)(N=C=O)C1. The first-order chi connectivity index (χ1) is 5.22. The normalized spacial score (nSPS) is 30.9. The van der Waals surface area contributed by atoms with Crippen LogP contribution in [0.2, 0.25) is 0 Å². The minimum Gasteiger partial charge on any atom is -0.303 e. The van der Waals surface area contributed by atoms with E-state index in [4.69, 9.17) is 5.26 Å². The molecule has 1 heterocycles. The Morgan fingerprint density at radius 2 is 2.45 bits per heavy atom. The number of carbonyl (C=O) groups excluding carboxylic acids is 1. The van der Waals surface area contributed by atoms with Crippen LogP contribution in [-0.4, -0.2) is 36.7 Å². The van der Waals surface area contributed by atoms with Crippen LogP contribution in [0.4, 0.5) is 0 Å². The van der Waals surface area contributed by atoms with Gasteiger partial charge in [-0.1, -0.05) is 0 Å². The number of nitrogens with zero attached hydrogens (tertiary/aromatic N) is 3. The molecule has 0 aromatic rings. The Labute approximate surface area is 65.1 Å². The second-order valence-electron chi connectivity index (χ2n) is 2.83. The molecule has 0 saturated carbocycles. The van der Waals surface area contributed by atoms with E-state index in [-0.39, 0.29) is 0 Å². The minimum atomic E-state index is -0.809. The van der Waals surface area contributed by atoms with Gasteiger partial charge < -0.3 is 4.90 Å². The minimum absolute atomic E-state index is 0.540. The van der Waals surface area contributed by atoms with Gasteiger partial charge in [0.2, 0.25) is 6.08 Å². The predicted molar refractivity (Wildman–Crippen MR) is 38.6 cm³/mol. The summed E-state index contributed by atoms with van der Waals surface area (Å²) in [7, 11) is 1.90. The molecule has 0 N–H and O–H groups in total. The topological polar surface area (TPSA) is 56.5 Å². The highest BCUT2D eigenvalue weighted by atomic mass is 16.1. The second-order valence-corrected chi connectivity index (χ2v) is 2.83. The zero-order valence-corrected chi connectivity index (χ0v) is 6.37. The second kappa shape index (κ2) is 2.83. The highest BCUT2D eigenvalue weighted by Crippen LogP contribution is 2.22. The molecular formula is C7H9N3O. The van der Waals surface area contributed by atoms with Gasteiger partial charge in [0.25, 0.3) is 0 Å². The van der Waals surface area contributed by atoms with Crippen molar-refractivity contribution >= 4 is 6.08 Å². The van der Waals surface area contributed by atoms with E-state index in [0.717, 1.165) is 6.54 Å². The average molecular weight is 151 g/mol. The summed E-state index contributed by atoms with van der Waals surface area (Å²) < 4.78 is 0. The molecule has 1 atom stereocenters. The van der Waals surface area contributed by atoms with E-state index >= 15 is 0 Å². The number of likely N-dealkylation sites (tertiary alicyclic amines) is 1. The maximum Gasteiger partial charge on any atom is 0.236 e. The first-order valence-corrected chi connectivity index (χ1v) is 3.41. The van der Waals surface area contributed by atoms with Crippen LogP contribution in [0.3, 0.4) is 0 Å². The van der Waals surface area contributed by atoms with Gasteiger partial charge in [-0.3, -0.25) is 0 Å². The van der Waals surface area contributed by atoms with Crippen molar-refractivity contribution < 1.29 is 4.79 Å². The molecule has 1 saturated heterocycles. The van der Waals surface area contributed by atoms with Gasteiger partial charge >= 0.3 is 0 Å². The molecule has 0 amide bonds. The summed E-state index contributed by atoms with van der Waals surface area (Å²) in [4.78, 5) is 15.5. The molecule has 4 heteroatoms. The van der Waals surface area contributed by atoms with Crippen molar-refractivity contribution in [3.63, 3.8) is 0 Å². The number of rotatable bonds is 1. The first-order valence-electron chi connectivity index (χ1n) is 3.41. The Hall–Kier alpha value is -1.17. The molecule has 4 nitrogen and oxygen atoms in total. The van der Waals surface area contributed by atoms with E-state index in [1.807, 2.05) is 18.0 Å². The molecule has 1 aliphatic heterocycles. The van der Waals surface area contributed by atoms with Crippen molar-refractivity contribution in [2.75, 3.05) is 20.1 Å². The van der Waals surface area contributed by atoms with Crippen molar-refractivity contribution in [1.29, 1.82) is 5.26 Å². The van der Waals surface area contributed by atoms with E-state index in [9.17, 15) is 4.79 Å². The molecule has 11 heavy (non-hydrogen) atoms. The van der Waals surface area contributed by atoms with Gasteiger partial charge in [-0.05, 0) is 7.05 Å². The number of hydrogen-bond acceptors (Lipinski definition) is 4. The van der Waals surface area contributed by atoms with Crippen LogP contribution in [0.25, 0.3) is 0 Å². The molecule has 1 aliphatic rings.